The van der Waals surface area contributed by atoms with Gasteiger partial charge in [-0.15, -0.1) is 11.3 Å². The van der Waals surface area contributed by atoms with Crippen LogP contribution in [0.4, 0.5) is 0 Å². The molecule has 1 aromatic carbocycles. The molecule has 2 rings (SSSR count). The van der Waals surface area contributed by atoms with Crippen LogP contribution in [0.2, 0.25) is 0 Å². The van der Waals surface area contributed by atoms with E-state index in [9.17, 15) is 5.11 Å². The first-order chi connectivity index (χ1) is 11.0. The highest BCUT2D eigenvalue weighted by Gasteiger charge is 2.10. The highest BCUT2D eigenvalue weighted by Crippen LogP contribution is 2.22. The summed E-state index contributed by atoms with van der Waals surface area (Å²) in [7, 11) is 0. The van der Waals surface area contributed by atoms with Crippen LogP contribution < -0.4 is 10.1 Å². The smallest absolute Gasteiger partial charge is 0.120 e. The Hall–Kier alpha value is -1.43. The molecule has 1 unspecified atom stereocenters. The highest BCUT2D eigenvalue weighted by atomic mass is 32.1. The molecular formula is C18H26N2O2S. The number of aliphatic hydroxyl groups excluding tert-OH is 1. The van der Waals surface area contributed by atoms with Crippen molar-refractivity contribution >= 4 is 11.3 Å². The molecule has 0 aliphatic heterocycles. The summed E-state index contributed by atoms with van der Waals surface area (Å²) in [6.45, 7) is 9.50. The fourth-order valence-corrected chi connectivity index (χ4v) is 3.08. The summed E-state index contributed by atoms with van der Waals surface area (Å²) in [5, 5.41) is 14.8. The Balaban J connectivity index is 1.85. The van der Waals surface area contributed by atoms with Crippen molar-refractivity contribution in [2.45, 2.75) is 52.4 Å². The van der Waals surface area contributed by atoms with Crippen LogP contribution in [0.5, 0.6) is 5.75 Å². The zero-order chi connectivity index (χ0) is 16.8. The van der Waals surface area contributed by atoms with Gasteiger partial charge in [-0.1, -0.05) is 26.0 Å². The van der Waals surface area contributed by atoms with Crippen molar-refractivity contribution in [2.75, 3.05) is 6.54 Å². The van der Waals surface area contributed by atoms with Gasteiger partial charge in [-0.25, -0.2) is 4.98 Å². The molecule has 0 saturated carbocycles. The topological polar surface area (TPSA) is 54.4 Å². The summed E-state index contributed by atoms with van der Waals surface area (Å²) in [5.41, 5.74) is 0.864. The number of aliphatic hydroxyl groups is 1. The SMILES string of the molecule is CC(C)Oc1cccc(C(O)CNCc2cnc(C(C)C)s2)c1. The molecule has 1 heterocycles. The fourth-order valence-electron chi connectivity index (χ4n) is 2.19. The lowest BCUT2D eigenvalue weighted by Gasteiger charge is -2.15. The molecule has 1 aromatic heterocycles. The Bertz CT molecular complexity index is 611. The third-order valence-corrected chi connectivity index (χ3v) is 4.61. The van der Waals surface area contributed by atoms with Crippen molar-refractivity contribution in [1.82, 2.24) is 10.3 Å². The Morgan fingerprint density at radius 1 is 1.26 bits per heavy atom. The number of benzene rings is 1. The van der Waals surface area contributed by atoms with Crippen LogP contribution in [0, 0.1) is 0 Å². The van der Waals surface area contributed by atoms with Crippen LogP contribution in [0.3, 0.4) is 0 Å². The van der Waals surface area contributed by atoms with Crippen molar-refractivity contribution in [3.05, 3.63) is 45.9 Å². The second kappa shape index (κ2) is 8.43. The lowest BCUT2D eigenvalue weighted by molar-refractivity contribution is 0.173. The quantitative estimate of drug-likeness (QED) is 0.769. The third-order valence-electron chi connectivity index (χ3n) is 3.32. The lowest BCUT2D eigenvalue weighted by atomic mass is 10.1. The number of rotatable bonds is 8. The van der Waals surface area contributed by atoms with Crippen molar-refractivity contribution < 1.29 is 9.84 Å². The Morgan fingerprint density at radius 2 is 2.04 bits per heavy atom. The summed E-state index contributed by atoms with van der Waals surface area (Å²) in [6, 6.07) is 7.64. The molecule has 0 saturated heterocycles. The number of nitrogens with zero attached hydrogens (tertiary/aromatic N) is 1. The minimum absolute atomic E-state index is 0.127. The van der Waals surface area contributed by atoms with Gasteiger partial charge < -0.3 is 15.2 Å². The Kier molecular flexibility index (Phi) is 6.57. The predicted molar refractivity (Wildman–Crippen MR) is 95.1 cm³/mol. The van der Waals surface area contributed by atoms with Crippen molar-refractivity contribution in [1.29, 1.82) is 0 Å². The number of hydrogen-bond acceptors (Lipinski definition) is 5. The molecule has 2 aromatic rings. The summed E-state index contributed by atoms with van der Waals surface area (Å²) in [6.07, 6.45) is 1.49. The molecule has 0 aliphatic rings. The standard InChI is InChI=1S/C18H26N2O2S/c1-12(2)18-20-10-16(23-18)9-19-11-17(21)14-6-5-7-15(8-14)22-13(3)4/h5-8,10,12-13,17,19,21H,9,11H2,1-4H3. The molecule has 0 amide bonds. The van der Waals surface area contributed by atoms with E-state index < -0.39 is 6.10 Å². The molecule has 0 aliphatic carbocycles. The van der Waals surface area contributed by atoms with Crippen molar-refractivity contribution in [3.63, 3.8) is 0 Å². The van der Waals surface area contributed by atoms with Crippen LogP contribution in [-0.2, 0) is 6.54 Å². The number of ether oxygens (including phenoxy) is 1. The molecule has 126 valence electrons. The molecule has 5 heteroatoms. The van der Waals surface area contributed by atoms with E-state index >= 15 is 0 Å². The molecular weight excluding hydrogens is 308 g/mol. The molecule has 2 N–H and O–H groups in total. The zero-order valence-corrected chi connectivity index (χ0v) is 15.1. The van der Waals surface area contributed by atoms with Gasteiger partial charge in [0, 0.05) is 30.1 Å². The first-order valence-corrected chi connectivity index (χ1v) is 8.87. The van der Waals surface area contributed by atoms with Crippen LogP contribution in [0.25, 0.3) is 0 Å². The number of nitrogens with one attached hydrogen (secondary N) is 1. The summed E-state index contributed by atoms with van der Waals surface area (Å²) >= 11 is 1.72. The summed E-state index contributed by atoms with van der Waals surface area (Å²) in [4.78, 5) is 5.60. The third kappa shape index (κ3) is 5.61. The molecule has 0 fully saturated rings. The maximum atomic E-state index is 10.3. The average Bonchev–Trinajstić information content (AvgIpc) is 2.96. The van der Waals surface area contributed by atoms with E-state index in [2.05, 4.69) is 24.1 Å². The van der Waals surface area contributed by atoms with Gasteiger partial charge >= 0.3 is 0 Å². The van der Waals surface area contributed by atoms with Crippen molar-refractivity contribution in [3.8, 4) is 5.75 Å². The number of thiazole rings is 1. The number of hydrogen-bond donors (Lipinski definition) is 2. The second-order valence-corrected chi connectivity index (χ2v) is 7.35. The summed E-state index contributed by atoms with van der Waals surface area (Å²) < 4.78 is 5.67. The van der Waals surface area contributed by atoms with E-state index in [0.29, 0.717) is 12.5 Å². The van der Waals surface area contributed by atoms with E-state index in [-0.39, 0.29) is 6.10 Å². The molecule has 0 bridgehead atoms. The number of aromatic nitrogens is 1. The van der Waals surface area contributed by atoms with Crippen LogP contribution in [0.1, 0.15) is 55.2 Å². The maximum Gasteiger partial charge on any atom is 0.120 e. The minimum Gasteiger partial charge on any atom is -0.491 e. The van der Waals surface area contributed by atoms with E-state index in [4.69, 9.17) is 4.74 Å². The van der Waals surface area contributed by atoms with Gasteiger partial charge in [0.05, 0.1) is 17.2 Å². The van der Waals surface area contributed by atoms with Gasteiger partial charge in [-0.2, -0.15) is 0 Å². The van der Waals surface area contributed by atoms with Crippen LogP contribution in [-0.4, -0.2) is 22.7 Å². The molecule has 0 radical (unpaired) electrons. The highest BCUT2D eigenvalue weighted by molar-refractivity contribution is 7.11. The predicted octanol–water partition coefficient (Wildman–Crippen LogP) is 3.88. The first kappa shape index (κ1) is 17.9. The molecule has 1 atom stereocenters. The average molecular weight is 334 g/mol. The van der Waals surface area contributed by atoms with Gasteiger partial charge in [0.25, 0.3) is 0 Å². The monoisotopic (exact) mass is 334 g/mol. The largest absolute Gasteiger partial charge is 0.491 e. The van der Waals surface area contributed by atoms with Gasteiger partial charge in [0.1, 0.15) is 5.75 Å². The van der Waals surface area contributed by atoms with Gasteiger partial charge in [-0.3, -0.25) is 0 Å². The van der Waals surface area contributed by atoms with E-state index in [1.807, 2.05) is 44.3 Å². The zero-order valence-electron chi connectivity index (χ0n) is 14.2. The van der Waals surface area contributed by atoms with Crippen LogP contribution in [0.15, 0.2) is 30.5 Å². The van der Waals surface area contributed by atoms with Crippen LogP contribution >= 0.6 is 11.3 Å². The lowest BCUT2D eigenvalue weighted by Crippen LogP contribution is -2.20. The van der Waals surface area contributed by atoms with Gasteiger partial charge in [0.15, 0.2) is 0 Å². The Labute approximate surface area is 142 Å². The molecule has 23 heavy (non-hydrogen) atoms. The summed E-state index contributed by atoms with van der Waals surface area (Å²) in [5.74, 6) is 1.25. The van der Waals surface area contributed by atoms with Gasteiger partial charge in [-0.05, 0) is 31.5 Å². The van der Waals surface area contributed by atoms with Gasteiger partial charge in [0.2, 0.25) is 0 Å². The fraction of sp³-hybridized carbons (Fsp3) is 0.500. The molecule has 4 nitrogen and oxygen atoms in total. The maximum absolute atomic E-state index is 10.3. The molecule has 0 spiro atoms. The normalized spacial score (nSPS) is 12.8. The first-order valence-electron chi connectivity index (χ1n) is 8.05. The van der Waals surface area contributed by atoms with Crippen molar-refractivity contribution in [2.24, 2.45) is 0 Å². The van der Waals surface area contributed by atoms with E-state index in [1.165, 1.54) is 4.88 Å². The Morgan fingerprint density at radius 3 is 2.70 bits per heavy atom. The van der Waals surface area contributed by atoms with E-state index in [1.54, 1.807) is 11.3 Å². The minimum atomic E-state index is -0.553. The van der Waals surface area contributed by atoms with E-state index in [0.717, 1.165) is 22.9 Å². The second-order valence-electron chi connectivity index (χ2n) is 6.21.